The number of ether oxygens (including phenoxy) is 1. The number of carbonyl (C=O) groups is 1. The first-order chi connectivity index (χ1) is 16.6. The fourth-order valence-electron chi connectivity index (χ4n) is 5.76. The fraction of sp³-hybridized carbons (Fsp3) is 0.640. The average Bonchev–Trinajstić information content (AvgIpc) is 3.19. The number of nitrogens with zero attached hydrogens (tertiary/aromatic N) is 4. The molecule has 1 N–H and O–H groups in total. The van der Waals surface area contributed by atoms with Crippen molar-refractivity contribution < 1.29 is 22.7 Å². The van der Waals surface area contributed by atoms with E-state index < -0.39 is 29.0 Å². The van der Waals surface area contributed by atoms with Gasteiger partial charge in [0.15, 0.2) is 17.5 Å². The molecule has 1 saturated heterocycles. The highest BCUT2D eigenvalue weighted by atomic mass is 19.2. The standard InChI is InChI=1S/C25H32F3N5O2/c1-25(2,3)35-24(34)32-12-14-7-8-15(13-32)21(14)29-23-30-22-17(6-4-5-11-33(22)31-23)16-9-10-18(26)20(28)19(16)27/h9-10,14-15,17,21H,4-8,11-13H2,1-3H3,(H,29,31)/t14-,15+,17?,21?. The van der Waals surface area contributed by atoms with Crippen LogP contribution in [-0.4, -0.2) is 50.5 Å². The van der Waals surface area contributed by atoms with Gasteiger partial charge >= 0.3 is 6.09 Å². The first-order valence-corrected chi connectivity index (χ1v) is 12.4. The van der Waals surface area contributed by atoms with Crippen LogP contribution in [0.25, 0.3) is 0 Å². The first kappa shape index (κ1) is 23.9. The molecule has 5 rings (SSSR count). The summed E-state index contributed by atoms with van der Waals surface area (Å²) >= 11 is 0. The third kappa shape index (κ3) is 4.71. The third-order valence-corrected chi connectivity index (χ3v) is 7.35. The summed E-state index contributed by atoms with van der Waals surface area (Å²) in [6.45, 7) is 7.44. The Morgan fingerprint density at radius 3 is 2.46 bits per heavy atom. The maximum atomic E-state index is 14.6. The average molecular weight is 492 g/mol. The van der Waals surface area contributed by atoms with Crippen LogP contribution in [0.5, 0.6) is 0 Å². The van der Waals surface area contributed by atoms with Crippen molar-refractivity contribution >= 4 is 12.0 Å². The van der Waals surface area contributed by atoms with Crippen LogP contribution in [0.3, 0.4) is 0 Å². The lowest BCUT2D eigenvalue weighted by atomic mass is 9.92. The number of aromatic nitrogens is 3. The van der Waals surface area contributed by atoms with Crippen LogP contribution in [0, 0.1) is 29.3 Å². The molecular formula is C25H32F3N5O2. The summed E-state index contributed by atoms with van der Waals surface area (Å²) < 4.78 is 49.4. The molecule has 2 unspecified atom stereocenters. The molecule has 35 heavy (non-hydrogen) atoms. The van der Waals surface area contributed by atoms with Gasteiger partial charge in [0.1, 0.15) is 11.4 Å². The van der Waals surface area contributed by atoms with Crippen molar-refractivity contribution in [2.45, 2.75) is 77.0 Å². The molecule has 10 heteroatoms. The lowest BCUT2D eigenvalue weighted by Gasteiger charge is -2.38. The largest absolute Gasteiger partial charge is 0.444 e. The van der Waals surface area contributed by atoms with E-state index in [0.717, 1.165) is 31.7 Å². The maximum Gasteiger partial charge on any atom is 0.410 e. The lowest BCUT2D eigenvalue weighted by molar-refractivity contribution is 0.0141. The number of halogens is 3. The minimum atomic E-state index is -1.45. The molecule has 7 nitrogen and oxygen atoms in total. The maximum absolute atomic E-state index is 14.6. The Labute approximate surface area is 203 Å². The number of hydrogen-bond donors (Lipinski definition) is 1. The number of likely N-dealkylation sites (tertiary alicyclic amines) is 1. The molecule has 0 spiro atoms. The van der Waals surface area contributed by atoms with Crippen LogP contribution in [0.2, 0.25) is 0 Å². The highest BCUT2D eigenvalue weighted by Crippen LogP contribution is 2.40. The molecule has 1 aromatic carbocycles. The Hall–Kier alpha value is -2.78. The fourth-order valence-corrected chi connectivity index (χ4v) is 5.76. The third-order valence-electron chi connectivity index (χ3n) is 7.35. The van der Waals surface area contributed by atoms with Gasteiger partial charge in [-0.25, -0.2) is 22.6 Å². The van der Waals surface area contributed by atoms with Gasteiger partial charge in [-0.3, -0.25) is 0 Å². The van der Waals surface area contributed by atoms with Crippen LogP contribution >= 0.6 is 0 Å². The highest BCUT2D eigenvalue weighted by molar-refractivity contribution is 5.68. The Morgan fingerprint density at radius 1 is 1.06 bits per heavy atom. The van der Waals surface area contributed by atoms with Crippen LogP contribution in [0.15, 0.2) is 12.1 Å². The van der Waals surface area contributed by atoms with Crippen molar-refractivity contribution in [3.05, 3.63) is 41.0 Å². The minimum absolute atomic E-state index is 0.108. The summed E-state index contributed by atoms with van der Waals surface area (Å²) in [5.41, 5.74) is -0.427. The number of amides is 1. The first-order valence-electron chi connectivity index (χ1n) is 12.4. The van der Waals surface area contributed by atoms with Crippen molar-refractivity contribution in [1.29, 1.82) is 0 Å². The zero-order valence-corrected chi connectivity index (χ0v) is 20.4. The number of aryl methyl sites for hydroxylation is 1. The molecule has 2 fully saturated rings. The Morgan fingerprint density at radius 2 is 1.77 bits per heavy atom. The smallest absolute Gasteiger partial charge is 0.410 e. The summed E-state index contributed by atoms with van der Waals surface area (Å²) in [5, 5.41) is 8.13. The monoisotopic (exact) mass is 491 g/mol. The molecule has 3 heterocycles. The van der Waals surface area contributed by atoms with Crippen LogP contribution in [0.4, 0.5) is 23.9 Å². The molecule has 3 aliphatic rings. The quantitative estimate of drug-likeness (QED) is 0.607. The van der Waals surface area contributed by atoms with Crippen molar-refractivity contribution in [3.63, 3.8) is 0 Å². The number of benzene rings is 1. The molecule has 0 radical (unpaired) electrons. The second-order valence-electron chi connectivity index (χ2n) is 11.0. The molecule has 1 aromatic heterocycles. The van der Waals surface area contributed by atoms with Crippen LogP contribution < -0.4 is 5.32 Å². The minimum Gasteiger partial charge on any atom is -0.444 e. The Bertz CT molecular complexity index is 1100. The Balaban J connectivity index is 1.34. The Kier molecular flexibility index (Phi) is 6.17. The van der Waals surface area contributed by atoms with E-state index in [1.165, 1.54) is 6.07 Å². The topological polar surface area (TPSA) is 72.3 Å². The van der Waals surface area contributed by atoms with Gasteiger partial charge in [0, 0.05) is 37.2 Å². The molecule has 1 saturated carbocycles. The normalized spacial score (nSPS) is 26.3. The summed E-state index contributed by atoms with van der Waals surface area (Å²) in [6.07, 6.45) is 3.95. The SMILES string of the molecule is CC(C)(C)OC(=O)N1C[C@H]2CC[C@@H](C1)C2Nc1nc2n(n1)CCCCC2c1ccc(F)c(F)c1F. The van der Waals surface area contributed by atoms with Gasteiger partial charge in [-0.05, 0) is 64.4 Å². The number of hydrogen-bond acceptors (Lipinski definition) is 5. The van der Waals surface area contributed by atoms with Gasteiger partial charge in [-0.2, -0.15) is 4.98 Å². The molecule has 1 aliphatic carbocycles. The van der Waals surface area contributed by atoms with E-state index in [-0.39, 0.29) is 29.5 Å². The van der Waals surface area contributed by atoms with E-state index in [2.05, 4.69) is 10.4 Å². The van der Waals surface area contributed by atoms with E-state index in [9.17, 15) is 18.0 Å². The summed E-state index contributed by atoms with van der Waals surface area (Å²) in [6, 6.07) is 2.40. The van der Waals surface area contributed by atoms with Gasteiger partial charge in [-0.1, -0.05) is 12.5 Å². The van der Waals surface area contributed by atoms with Gasteiger partial charge in [0.05, 0.1) is 0 Å². The lowest BCUT2D eigenvalue weighted by Crippen LogP contribution is -2.51. The predicted molar refractivity (Wildman–Crippen MR) is 123 cm³/mol. The molecule has 2 bridgehead atoms. The number of carbonyl (C=O) groups excluding carboxylic acids is 1. The second-order valence-corrected chi connectivity index (χ2v) is 11.0. The zero-order chi connectivity index (χ0) is 24.9. The van der Waals surface area contributed by atoms with E-state index in [4.69, 9.17) is 9.72 Å². The van der Waals surface area contributed by atoms with E-state index in [1.807, 2.05) is 20.8 Å². The zero-order valence-electron chi connectivity index (χ0n) is 20.4. The number of nitrogens with one attached hydrogen (secondary N) is 1. The van der Waals surface area contributed by atoms with Crippen molar-refractivity contribution in [2.24, 2.45) is 11.8 Å². The van der Waals surface area contributed by atoms with E-state index >= 15 is 0 Å². The molecule has 4 atom stereocenters. The number of piperidine rings is 1. The molecular weight excluding hydrogens is 459 g/mol. The predicted octanol–water partition coefficient (Wildman–Crippen LogP) is 5.07. The molecule has 2 aliphatic heterocycles. The van der Waals surface area contributed by atoms with E-state index in [1.54, 1.807) is 9.58 Å². The van der Waals surface area contributed by atoms with Crippen molar-refractivity contribution in [2.75, 3.05) is 18.4 Å². The summed E-state index contributed by atoms with van der Waals surface area (Å²) in [7, 11) is 0. The number of rotatable bonds is 3. The van der Waals surface area contributed by atoms with Crippen LogP contribution in [0.1, 0.15) is 70.2 Å². The van der Waals surface area contributed by atoms with E-state index in [0.29, 0.717) is 37.8 Å². The van der Waals surface area contributed by atoms with Crippen LogP contribution in [-0.2, 0) is 11.3 Å². The van der Waals surface area contributed by atoms with Gasteiger partial charge in [-0.15, -0.1) is 5.10 Å². The highest BCUT2D eigenvalue weighted by Gasteiger charge is 2.45. The van der Waals surface area contributed by atoms with Crippen molar-refractivity contribution in [3.8, 4) is 0 Å². The summed E-state index contributed by atoms with van der Waals surface area (Å²) in [4.78, 5) is 19.1. The number of anilines is 1. The second kappa shape index (κ2) is 9.02. The summed E-state index contributed by atoms with van der Waals surface area (Å²) in [5.74, 6) is -2.78. The molecule has 190 valence electrons. The van der Waals surface area contributed by atoms with Gasteiger partial charge < -0.3 is 15.0 Å². The van der Waals surface area contributed by atoms with Gasteiger partial charge in [0.2, 0.25) is 5.95 Å². The molecule has 1 amide bonds. The van der Waals surface area contributed by atoms with Crippen molar-refractivity contribution in [1.82, 2.24) is 19.7 Å². The number of fused-ring (bicyclic) bond motifs is 3. The van der Waals surface area contributed by atoms with Gasteiger partial charge in [0.25, 0.3) is 0 Å². The molecule has 2 aromatic rings.